The molecule has 1 fully saturated rings. The summed E-state index contributed by atoms with van der Waals surface area (Å²) in [7, 11) is 1.63. The zero-order valence-electron chi connectivity index (χ0n) is 7.17. The number of aliphatic hydroxyl groups is 1. The second-order valence-corrected chi connectivity index (χ2v) is 4.87. The van der Waals surface area contributed by atoms with Crippen LogP contribution in [0.2, 0.25) is 0 Å². The van der Waals surface area contributed by atoms with Crippen molar-refractivity contribution in [3.05, 3.63) is 0 Å². The third-order valence-electron chi connectivity index (χ3n) is 2.28. The average Bonchev–Trinajstić information content (AvgIpc) is 2.38. The fourth-order valence-corrected chi connectivity index (χ4v) is 2.70. The molecule has 1 aliphatic heterocycles. The second-order valence-electron chi connectivity index (χ2n) is 3.24. The molecule has 0 aromatic carbocycles. The van der Waals surface area contributed by atoms with Crippen LogP contribution in [0.3, 0.4) is 0 Å². The van der Waals surface area contributed by atoms with E-state index in [9.17, 15) is 5.11 Å². The lowest BCUT2D eigenvalue weighted by Gasteiger charge is -2.28. The monoisotopic (exact) mass is 176 g/mol. The van der Waals surface area contributed by atoms with Crippen molar-refractivity contribution < 1.29 is 9.84 Å². The molecule has 0 aliphatic carbocycles. The van der Waals surface area contributed by atoms with Gasteiger partial charge < -0.3 is 9.84 Å². The van der Waals surface area contributed by atoms with Crippen molar-refractivity contribution in [2.24, 2.45) is 0 Å². The van der Waals surface area contributed by atoms with Crippen LogP contribution in [0.1, 0.15) is 19.8 Å². The molecular formula is C8H16O2S. The average molecular weight is 176 g/mol. The summed E-state index contributed by atoms with van der Waals surface area (Å²) in [6.45, 7) is 2.58. The molecule has 0 spiro atoms. The highest BCUT2D eigenvalue weighted by atomic mass is 32.2. The van der Waals surface area contributed by atoms with Crippen molar-refractivity contribution >= 4 is 11.8 Å². The molecule has 0 saturated carbocycles. The van der Waals surface area contributed by atoms with Crippen molar-refractivity contribution in [3.8, 4) is 0 Å². The van der Waals surface area contributed by atoms with Gasteiger partial charge in [-0.15, -0.1) is 0 Å². The number of aliphatic hydroxyl groups excluding tert-OH is 1. The molecular weight excluding hydrogens is 160 g/mol. The minimum atomic E-state index is -0.306. The number of ether oxygens (including phenoxy) is 1. The van der Waals surface area contributed by atoms with E-state index in [1.807, 2.05) is 11.8 Å². The van der Waals surface area contributed by atoms with E-state index in [1.165, 1.54) is 12.2 Å². The predicted octanol–water partition coefficient (Wildman–Crippen LogP) is 1.28. The van der Waals surface area contributed by atoms with Crippen LogP contribution in [0.4, 0.5) is 0 Å². The molecule has 0 aromatic heterocycles. The summed E-state index contributed by atoms with van der Waals surface area (Å²) in [5.74, 6) is 1.18. The van der Waals surface area contributed by atoms with E-state index >= 15 is 0 Å². The van der Waals surface area contributed by atoms with Gasteiger partial charge in [0.15, 0.2) is 0 Å². The smallest absolute Gasteiger partial charge is 0.0917 e. The van der Waals surface area contributed by atoms with Crippen LogP contribution < -0.4 is 0 Å². The molecule has 11 heavy (non-hydrogen) atoms. The second kappa shape index (κ2) is 3.78. The minimum absolute atomic E-state index is 0.0516. The van der Waals surface area contributed by atoms with E-state index in [-0.39, 0.29) is 10.9 Å². The summed E-state index contributed by atoms with van der Waals surface area (Å²) in [6.07, 6.45) is 2.03. The Bertz CT molecular complexity index is 121. The first-order valence-electron chi connectivity index (χ1n) is 4.00. The van der Waals surface area contributed by atoms with Gasteiger partial charge in [0, 0.05) is 11.9 Å². The Morgan fingerprint density at radius 2 is 2.45 bits per heavy atom. The van der Waals surface area contributed by atoms with Crippen LogP contribution in [0.25, 0.3) is 0 Å². The molecule has 2 atom stereocenters. The Morgan fingerprint density at radius 3 is 2.91 bits per heavy atom. The summed E-state index contributed by atoms with van der Waals surface area (Å²) in [4.78, 5) is 0. The number of hydrogen-bond donors (Lipinski definition) is 1. The van der Waals surface area contributed by atoms with Crippen molar-refractivity contribution in [1.82, 2.24) is 0 Å². The third kappa shape index (κ3) is 2.10. The van der Waals surface area contributed by atoms with Crippen LogP contribution in [0.15, 0.2) is 0 Å². The fourth-order valence-electron chi connectivity index (χ4n) is 1.40. The van der Waals surface area contributed by atoms with Gasteiger partial charge >= 0.3 is 0 Å². The van der Waals surface area contributed by atoms with Gasteiger partial charge in [-0.05, 0) is 25.5 Å². The van der Waals surface area contributed by atoms with E-state index in [4.69, 9.17) is 4.74 Å². The molecule has 66 valence electrons. The van der Waals surface area contributed by atoms with Gasteiger partial charge in [0.1, 0.15) is 0 Å². The van der Waals surface area contributed by atoms with Gasteiger partial charge in [-0.1, -0.05) is 0 Å². The van der Waals surface area contributed by atoms with Gasteiger partial charge in [-0.3, -0.25) is 0 Å². The molecule has 3 heteroatoms. The van der Waals surface area contributed by atoms with Crippen molar-refractivity contribution in [1.29, 1.82) is 0 Å². The number of rotatable bonds is 3. The first-order chi connectivity index (χ1) is 5.19. The van der Waals surface area contributed by atoms with Crippen LogP contribution in [-0.2, 0) is 4.74 Å². The van der Waals surface area contributed by atoms with E-state index in [0.29, 0.717) is 6.61 Å². The summed E-state index contributed by atoms with van der Waals surface area (Å²) in [6, 6.07) is 0. The van der Waals surface area contributed by atoms with Gasteiger partial charge in [0.05, 0.1) is 12.7 Å². The molecule has 1 aliphatic rings. The Balaban J connectivity index is 2.42. The van der Waals surface area contributed by atoms with E-state index in [1.54, 1.807) is 7.11 Å². The third-order valence-corrected chi connectivity index (χ3v) is 3.91. The largest absolute Gasteiger partial charge is 0.389 e. The highest BCUT2D eigenvalue weighted by Gasteiger charge is 2.36. The normalized spacial score (nSPS) is 34.1. The lowest BCUT2D eigenvalue weighted by molar-refractivity contribution is 0.0415. The molecule has 0 bridgehead atoms. The molecule has 2 unspecified atom stereocenters. The summed E-state index contributed by atoms with van der Waals surface area (Å²) in [5, 5.41) is 9.66. The Kier molecular flexibility index (Phi) is 3.22. The zero-order valence-corrected chi connectivity index (χ0v) is 7.99. The Morgan fingerprint density at radius 1 is 1.73 bits per heavy atom. The Labute approximate surface area is 72.3 Å². The lowest BCUT2D eigenvalue weighted by atomic mass is 9.99. The molecule has 1 saturated heterocycles. The summed E-state index contributed by atoms with van der Waals surface area (Å²) < 4.78 is 4.97. The summed E-state index contributed by atoms with van der Waals surface area (Å²) in [5.41, 5.74) is 0. The quantitative estimate of drug-likeness (QED) is 0.702. The van der Waals surface area contributed by atoms with E-state index in [0.717, 1.165) is 6.42 Å². The SMILES string of the molecule is COCC(O)C1(C)CCCS1. The molecule has 0 aromatic rings. The molecule has 0 amide bonds. The Hall–Kier alpha value is 0.270. The molecule has 2 nitrogen and oxygen atoms in total. The summed E-state index contributed by atoms with van der Waals surface area (Å²) >= 11 is 1.86. The van der Waals surface area contributed by atoms with Gasteiger partial charge in [0.25, 0.3) is 0 Å². The van der Waals surface area contributed by atoms with Gasteiger partial charge in [-0.25, -0.2) is 0 Å². The lowest BCUT2D eigenvalue weighted by Crippen LogP contribution is -2.36. The number of thioether (sulfide) groups is 1. The number of hydrogen-bond acceptors (Lipinski definition) is 3. The van der Waals surface area contributed by atoms with Crippen molar-refractivity contribution in [3.63, 3.8) is 0 Å². The standard InChI is InChI=1S/C8H16O2S/c1-8(4-3-5-11-8)7(9)6-10-2/h7,9H,3-6H2,1-2H3. The number of methoxy groups -OCH3 is 1. The maximum absolute atomic E-state index is 9.66. The maximum Gasteiger partial charge on any atom is 0.0917 e. The van der Waals surface area contributed by atoms with Crippen molar-refractivity contribution in [2.75, 3.05) is 19.5 Å². The highest BCUT2D eigenvalue weighted by Crippen LogP contribution is 2.40. The predicted molar refractivity (Wildman–Crippen MR) is 48.0 cm³/mol. The zero-order chi connectivity index (χ0) is 8.32. The highest BCUT2D eigenvalue weighted by molar-refractivity contribution is 8.00. The fraction of sp³-hybridized carbons (Fsp3) is 1.00. The van der Waals surface area contributed by atoms with Crippen LogP contribution >= 0.6 is 11.8 Å². The van der Waals surface area contributed by atoms with Crippen LogP contribution in [0, 0.1) is 0 Å². The molecule has 0 radical (unpaired) electrons. The molecule has 1 rings (SSSR count). The topological polar surface area (TPSA) is 29.5 Å². The van der Waals surface area contributed by atoms with E-state index < -0.39 is 0 Å². The van der Waals surface area contributed by atoms with Crippen LogP contribution in [0.5, 0.6) is 0 Å². The van der Waals surface area contributed by atoms with Gasteiger partial charge in [-0.2, -0.15) is 11.8 Å². The molecule has 1 heterocycles. The van der Waals surface area contributed by atoms with Crippen molar-refractivity contribution in [2.45, 2.75) is 30.6 Å². The first-order valence-corrected chi connectivity index (χ1v) is 4.98. The van der Waals surface area contributed by atoms with E-state index in [2.05, 4.69) is 6.92 Å². The maximum atomic E-state index is 9.66. The first kappa shape index (κ1) is 9.36. The molecule has 1 N–H and O–H groups in total. The van der Waals surface area contributed by atoms with Gasteiger partial charge in [0.2, 0.25) is 0 Å². The minimum Gasteiger partial charge on any atom is -0.389 e. The van der Waals surface area contributed by atoms with Crippen LogP contribution in [-0.4, -0.2) is 35.4 Å².